The van der Waals surface area contributed by atoms with Crippen molar-refractivity contribution in [3.8, 4) is 11.5 Å². The zero-order valence-electron chi connectivity index (χ0n) is 16.1. The monoisotopic (exact) mass is 481 g/mol. The van der Waals surface area contributed by atoms with Crippen LogP contribution in [0.25, 0.3) is 0 Å². The highest BCUT2D eigenvalue weighted by atomic mass is 79.9. The Bertz CT molecular complexity index is 934. The summed E-state index contributed by atoms with van der Waals surface area (Å²) in [6, 6.07) is 8.86. The van der Waals surface area contributed by atoms with Crippen LogP contribution in [0.4, 0.5) is 0 Å². The molecule has 0 spiro atoms. The highest BCUT2D eigenvalue weighted by Crippen LogP contribution is 2.34. The average molecular weight is 483 g/mol. The molecule has 0 saturated carbocycles. The Morgan fingerprint density at radius 1 is 1.28 bits per heavy atom. The van der Waals surface area contributed by atoms with E-state index in [1.165, 1.54) is 19.4 Å². The van der Waals surface area contributed by atoms with Gasteiger partial charge >= 0.3 is 0 Å². The molecule has 0 heterocycles. The molecule has 0 saturated heterocycles. The Labute approximate surface area is 182 Å². The van der Waals surface area contributed by atoms with Gasteiger partial charge in [0.15, 0.2) is 11.5 Å². The van der Waals surface area contributed by atoms with E-state index in [1.807, 2.05) is 13.8 Å². The lowest BCUT2D eigenvalue weighted by atomic mass is 10.0. The van der Waals surface area contributed by atoms with E-state index < -0.39 is 17.9 Å². The molecule has 29 heavy (non-hydrogen) atoms. The fourth-order valence-corrected chi connectivity index (χ4v) is 3.10. The summed E-state index contributed by atoms with van der Waals surface area (Å²) in [7, 11) is 1.43. The molecule has 9 heteroatoms. The number of ether oxygens (including phenoxy) is 1. The molecule has 7 nitrogen and oxygen atoms in total. The largest absolute Gasteiger partial charge is 0.503 e. The third-order valence-electron chi connectivity index (χ3n) is 3.98. The van der Waals surface area contributed by atoms with Crippen molar-refractivity contribution in [2.75, 3.05) is 7.11 Å². The second-order valence-corrected chi connectivity index (χ2v) is 7.78. The molecule has 1 unspecified atom stereocenters. The van der Waals surface area contributed by atoms with Gasteiger partial charge in [0, 0.05) is 10.6 Å². The summed E-state index contributed by atoms with van der Waals surface area (Å²) in [5.74, 6) is -0.802. The van der Waals surface area contributed by atoms with Gasteiger partial charge < -0.3 is 15.2 Å². The topological polar surface area (TPSA) is 100 Å². The van der Waals surface area contributed by atoms with Crippen LogP contribution < -0.4 is 15.5 Å². The molecule has 1 atom stereocenters. The van der Waals surface area contributed by atoms with Gasteiger partial charge in [-0.15, -0.1) is 0 Å². The molecule has 2 aromatic carbocycles. The summed E-state index contributed by atoms with van der Waals surface area (Å²) in [4.78, 5) is 24.9. The van der Waals surface area contributed by atoms with Crippen molar-refractivity contribution in [1.82, 2.24) is 10.7 Å². The van der Waals surface area contributed by atoms with Crippen molar-refractivity contribution in [2.24, 2.45) is 11.0 Å². The number of halogens is 2. The van der Waals surface area contributed by atoms with E-state index in [2.05, 4.69) is 31.8 Å². The van der Waals surface area contributed by atoms with Crippen LogP contribution in [-0.2, 0) is 4.79 Å². The van der Waals surface area contributed by atoms with Crippen LogP contribution in [0, 0.1) is 5.92 Å². The summed E-state index contributed by atoms with van der Waals surface area (Å²) < 4.78 is 5.50. The number of carbonyl (C=O) groups is 2. The zero-order valence-corrected chi connectivity index (χ0v) is 18.4. The van der Waals surface area contributed by atoms with Gasteiger partial charge in [0.1, 0.15) is 6.04 Å². The summed E-state index contributed by atoms with van der Waals surface area (Å²) >= 11 is 9.13. The predicted molar refractivity (Wildman–Crippen MR) is 116 cm³/mol. The maximum atomic E-state index is 12.5. The van der Waals surface area contributed by atoms with Gasteiger partial charge in [-0.2, -0.15) is 5.10 Å². The molecule has 0 aliphatic rings. The molecule has 0 aromatic heterocycles. The van der Waals surface area contributed by atoms with E-state index in [0.29, 0.717) is 20.6 Å². The minimum atomic E-state index is -0.792. The van der Waals surface area contributed by atoms with E-state index in [0.717, 1.165) is 0 Å². The summed E-state index contributed by atoms with van der Waals surface area (Å²) in [5, 5.41) is 16.9. The third-order valence-corrected chi connectivity index (χ3v) is 4.82. The third kappa shape index (κ3) is 6.20. The van der Waals surface area contributed by atoms with Gasteiger partial charge in [0.05, 0.1) is 17.8 Å². The standard InChI is InChI=1S/C20H21BrClN3O4/c1-11(2)17(24-19(27)13-5-4-6-14(22)9-13)20(28)25-23-10-12-7-15(21)18(26)16(8-12)29-3/h4-11,17,26H,1-3H3,(H,24,27)(H,25,28)/b23-10+. The van der Waals surface area contributed by atoms with E-state index in [4.69, 9.17) is 16.3 Å². The molecule has 0 aliphatic heterocycles. The number of phenols is 1. The quantitative estimate of drug-likeness (QED) is 0.414. The van der Waals surface area contributed by atoms with Crippen molar-refractivity contribution in [2.45, 2.75) is 19.9 Å². The Morgan fingerprint density at radius 2 is 2.00 bits per heavy atom. The minimum absolute atomic E-state index is 0.0303. The molecule has 0 fully saturated rings. The molecule has 0 aliphatic carbocycles. The Morgan fingerprint density at radius 3 is 2.62 bits per heavy atom. The first kappa shape index (κ1) is 22.7. The van der Waals surface area contributed by atoms with E-state index in [-0.39, 0.29) is 17.4 Å². The summed E-state index contributed by atoms with van der Waals surface area (Å²) in [6.07, 6.45) is 1.40. The highest BCUT2D eigenvalue weighted by Gasteiger charge is 2.24. The lowest BCUT2D eigenvalue weighted by molar-refractivity contribution is -0.123. The molecule has 3 N–H and O–H groups in total. The molecule has 0 bridgehead atoms. The van der Waals surface area contributed by atoms with Crippen LogP contribution in [0.2, 0.25) is 5.02 Å². The predicted octanol–water partition coefficient (Wildman–Crippen LogP) is 3.72. The fourth-order valence-electron chi connectivity index (χ4n) is 2.45. The fraction of sp³-hybridized carbons (Fsp3) is 0.250. The molecular formula is C20H21BrClN3O4. The maximum absolute atomic E-state index is 12.5. The number of nitrogens with zero attached hydrogens (tertiary/aromatic N) is 1. The van der Waals surface area contributed by atoms with Gasteiger partial charge in [-0.25, -0.2) is 5.43 Å². The Kier molecular flexibility index (Phi) is 8.04. The first-order valence-electron chi connectivity index (χ1n) is 8.68. The second kappa shape index (κ2) is 10.3. The molecule has 0 radical (unpaired) electrons. The van der Waals surface area contributed by atoms with Crippen LogP contribution in [0.5, 0.6) is 11.5 Å². The highest BCUT2D eigenvalue weighted by molar-refractivity contribution is 9.10. The lowest BCUT2D eigenvalue weighted by Gasteiger charge is -2.20. The number of benzene rings is 2. The zero-order chi connectivity index (χ0) is 21.6. The van der Waals surface area contributed by atoms with Crippen molar-refractivity contribution < 1.29 is 19.4 Å². The number of methoxy groups -OCH3 is 1. The SMILES string of the molecule is COc1cc(/C=N/NC(=O)C(NC(=O)c2cccc(Cl)c2)C(C)C)cc(Br)c1O. The molecule has 2 amide bonds. The Balaban J connectivity index is 2.07. The summed E-state index contributed by atoms with van der Waals surface area (Å²) in [5.41, 5.74) is 3.38. The number of rotatable bonds is 7. The summed E-state index contributed by atoms with van der Waals surface area (Å²) in [6.45, 7) is 3.63. The average Bonchev–Trinajstić information content (AvgIpc) is 2.68. The molecular weight excluding hydrogens is 462 g/mol. The second-order valence-electron chi connectivity index (χ2n) is 6.49. The smallest absolute Gasteiger partial charge is 0.262 e. The van der Waals surface area contributed by atoms with E-state index >= 15 is 0 Å². The lowest BCUT2D eigenvalue weighted by Crippen LogP contribution is -2.48. The van der Waals surface area contributed by atoms with Gasteiger partial charge in [0.2, 0.25) is 0 Å². The molecule has 154 valence electrons. The number of hydrogen-bond donors (Lipinski definition) is 3. The van der Waals surface area contributed by atoms with Gasteiger partial charge in [-0.3, -0.25) is 9.59 Å². The van der Waals surface area contributed by atoms with Crippen molar-refractivity contribution in [1.29, 1.82) is 0 Å². The van der Waals surface area contributed by atoms with Crippen molar-refractivity contribution in [3.05, 3.63) is 57.0 Å². The number of aromatic hydroxyl groups is 1. The number of phenolic OH excluding ortho intramolecular Hbond substituents is 1. The first-order valence-corrected chi connectivity index (χ1v) is 9.86. The minimum Gasteiger partial charge on any atom is -0.503 e. The molecule has 2 rings (SSSR count). The normalized spacial score (nSPS) is 12.1. The van der Waals surface area contributed by atoms with Crippen LogP contribution in [0.15, 0.2) is 46.0 Å². The first-order chi connectivity index (χ1) is 13.7. The van der Waals surface area contributed by atoms with Crippen LogP contribution in [0.1, 0.15) is 29.8 Å². The van der Waals surface area contributed by atoms with Crippen LogP contribution in [-0.4, -0.2) is 36.3 Å². The number of nitrogens with one attached hydrogen (secondary N) is 2. The van der Waals surface area contributed by atoms with E-state index in [1.54, 1.807) is 30.3 Å². The van der Waals surface area contributed by atoms with Gasteiger partial charge in [-0.05, 0) is 57.7 Å². The number of hydrazone groups is 1. The molecule has 2 aromatic rings. The van der Waals surface area contributed by atoms with Crippen LogP contribution in [0.3, 0.4) is 0 Å². The van der Waals surface area contributed by atoms with E-state index in [9.17, 15) is 14.7 Å². The van der Waals surface area contributed by atoms with Crippen molar-refractivity contribution in [3.63, 3.8) is 0 Å². The number of carbonyl (C=O) groups excluding carboxylic acids is 2. The maximum Gasteiger partial charge on any atom is 0.262 e. The number of amides is 2. The van der Waals surface area contributed by atoms with Crippen LogP contribution >= 0.6 is 27.5 Å². The Hall–Kier alpha value is -2.58. The van der Waals surface area contributed by atoms with Gasteiger partial charge in [0.25, 0.3) is 11.8 Å². The van der Waals surface area contributed by atoms with Gasteiger partial charge in [-0.1, -0.05) is 31.5 Å². The van der Waals surface area contributed by atoms with Crippen molar-refractivity contribution >= 4 is 45.6 Å². The number of hydrogen-bond acceptors (Lipinski definition) is 5.